The highest BCUT2D eigenvalue weighted by Crippen LogP contribution is 2.24. The zero-order valence-corrected chi connectivity index (χ0v) is 8.66. The van der Waals surface area contributed by atoms with E-state index in [1.807, 2.05) is 13.8 Å². The van der Waals surface area contributed by atoms with Crippen molar-refractivity contribution in [2.24, 2.45) is 5.73 Å². The van der Waals surface area contributed by atoms with Crippen molar-refractivity contribution >= 4 is 0 Å². The van der Waals surface area contributed by atoms with E-state index in [0.717, 1.165) is 6.42 Å². The Balaban J connectivity index is 2.84. The molecule has 0 amide bonds. The summed E-state index contributed by atoms with van der Waals surface area (Å²) in [4.78, 5) is 4.20. The van der Waals surface area contributed by atoms with Crippen LogP contribution in [0.15, 0.2) is 4.52 Å². The van der Waals surface area contributed by atoms with E-state index in [2.05, 4.69) is 10.1 Å². The summed E-state index contributed by atoms with van der Waals surface area (Å²) in [6.07, 6.45) is 1.28. The fourth-order valence-corrected chi connectivity index (χ4v) is 1.08. The second-order valence-electron chi connectivity index (χ2n) is 3.61. The van der Waals surface area contributed by atoms with Gasteiger partial charge in [-0.25, -0.2) is 0 Å². The first kappa shape index (κ1) is 11.1. The minimum absolute atomic E-state index is 0.0322. The summed E-state index contributed by atoms with van der Waals surface area (Å²) in [7, 11) is 0. The maximum absolute atomic E-state index is 8.70. The van der Waals surface area contributed by atoms with Gasteiger partial charge in [0.25, 0.3) is 0 Å². The molecule has 1 heterocycles. The number of aromatic nitrogens is 2. The molecule has 0 saturated carbocycles. The van der Waals surface area contributed by atoms with E-state index in [1.165, 1.54) is 0 Å². The van der Waals surface area contributed by atoms with Crippen molar-refractivity contribution in [3.05, 3.63) is 11.7 Å². The van der Waals surface area contributed by atoms with Gasteiger partial charge in [-0.2, -0.15) is 4.98 Å². The number of aliphatic hydroxyl groups excluding tert-OH is 1. The summed E-state index contributed by atoms with van der Waals surface area (Å²) in [6, 6.07) is 0. The molecule has 14 heavy (non-hydrogen) atoms. The molecule has 1 aromatic heterocycles. The average molecular weight is 199 g/mol. The van der Waals surface area contributed by atoms with Gasteiger partial charge in [-0.15, -0.1) is 0 Å². The summed E-state index contributed by atoms with van der Waals surface area (Å²) in [5.41, 5.74) is 5.41. The molecule has 5 heteroatoms. The Labute approximate surface area is 83.3 Å². The van der Waals surface area contributed by atoms with Crippen molar-refractivity contribution in [3.8, 4) is 0 Å². The van der Waals surface area contributed by atoms with E-state index in [-0.39, 0.29) is 12.0 Å². The standard InChI is InChI=1S/C9H17N3O2/c1-3-9(2,6-10)8-11-7(4-5-13)12-14-8/h13H,3-6,10H2,1-2H3. The zero-order chi connectivity index (χ0) is 10.6. The Bertz CT molecular complexity index is 281. The Morgan fingerprint density at radius 3 is 2.79 bits per heavy atom. The monoisotopic (exact) mass is 199 g/mol. The topological polar surface area (TPSA) is 85.2 Å². The third-order valence-electron chi connectivity index (χ3n) is 2.55. The molecule has 5 nitrogen and oxygen atoms in total. The average Bonchev–Trinajstić information content (AvgIpc) is 2.66. The minimum atomic E-state index is -0.249. The van der Waals surface area contributed by atoms with Crippen LogP contribution >= 0.6 is 0 Å². The molecule has 0 saturated heterocycles. The third-order valence-corrected chi connectivity index (χ3v) is 2.55. The number of nitrogens with two attached hydrogens (primary N) is 1. The molecule has 1 rings (SSSR count). The highest BCUT2D eigenvalue weighted by Gasteiger charge is 2.29. The van der Waals surface area contributed by atoms with Crippen LogP contribution in [-0.2, 0) is 11.8 Å². The van der Waals surface area contributed by atoms with Crippen LogP contribution in [0.5, 0.6) is 0 Å². The van der Waals surface area contributed by atoms with Crippen molar-refractivity contribution in [3.63, 3.8) is 0 Å². The summed E-state index contributed by atoms with van der Waals surface area (Å²) in [5, 5.41) is 12.5. The maximum Gasteiger partial charge on any atom is 0.233 e. The number of rotatable bonds is 5. The molecule has 0 spiro atoms. The van der Waals surface area contributed by atoms with Gasteiger partial charge in [-0.1, -0.05) is 12.1 Å². The van der Waals surface area contributed by atoms with Gasteiger partial charge in [0.2, 0.25) is 5.89 Å². The molecular formula is C9H17N3O2. The lowest BCUT2D eigenvalue weighted by Gasteiger charge is -2.20. The molecule has 1 atom stereocenters. The first-order valence-electron chi connectivity index (χ1n) is 4.80. The van der Waals surface area contributed by atoms with Crippen molar-refractivity contribution in [2.45, 2.75) is 32.1 Å². The number of hydrogen-bond acceptors (Lipinski definition) is 5. The first-order chi connectivity index (χ1) is 6.66. The van der Waals surface area contributed by atoms with Crippen molar-refractivity contribution in [1.29, 1.82) is 0 Å². The molecule has 0 fully saturated rings. The lowest BCUT2D eigenvalue weighted by molar-refractivity contribution is 0.281. The smallest absolute Gasteiger partial charge is 0.233 e. The van der Waals surface area contributed by atoms with Crippen molar-refractivity contribution in [1.82, 2.24) is 10.1 Å². The van der Waals surface area contributed by atoms with E-state index in [9.17, 15) is 0 Å². The second kappa shape index (κ2) is 4.52. The Kier molecular flexibility index (Phi) is 3.60. The van der Waals surface area contributed by atoms with E-state index < -0.39 is 0 Å². The summed E-state index contributed by atoms with van der Waals surface area (Å²) in [6.45, 7) is 4.53. The number of hydrogen-bond donors (Lipinski definition) is 2. The molecule has 0 bridgehead atoms. The van der Waals surface area contributed by atoms with Gasteiger partial charge in [-0.05, 0) is 13.3 Å². The maximum atomic E-state index is 8.70. The van der Waals surface area contributed by atoms with E-state index in [4.69, 9.17) is 15.4 Å². The normalized spacial score (nSPS) is 15.4. The number of aliphatic hydroxyl groups is 1. The SMILES string of the molecule is CCC(C)(CN)c1nc(CCO)no1. The van der Waals surface area contributed by atoms with Crippen molar-refractivity contribution in [2.75, 3.05) is 13.2 Å². The highest BCUT2D eigenvalue weighted by atomic mass is 16.5. The molecule has 0 aliphatic rings. The van der Waals surface area contributed by atoms with E-state index in [0.29, 0.717) is 24.7 Å². The predicted octanol–water partition coefficient (Wildman–Crippen LogP) is 0.231. The molecule has 0 aromatic carbocycles. The first-order valence-corrected chi connectivity index (χ1v) is 4.80. The van der Waals surface area contributed by atoms with Crippen LogP contribution in [0.4, 0.5) is 0 Å². The van der Waals surface area contributed by atoms with Crippen LogP contribution < -0.4 is 5.73 Å². The van der Waals surface area contributed by atoms with Crippen molar-refractivity contribution < 1.29 is 9.63 Å². The number of nitrogens with zero attached hydrogens (tertiary/aromatic N) is 2. The molecule has 0 aliphatic heterocycles. The summed E-state index contributed by atoms with van der Waals surface area (Å²) < 4.78 is 5.11. The highest BCUT2D eigenvalue weighted by molar-refractivity contribution is 5.03. The van der Waals surface area contributed by atoms with Crippen LogP contribution in [0.1, 0.15) is 32.0 Å². The van der Waals surface area contributed by atoms with Gasteiger partial charge in [0.15, 0.2) is 5.82 Å². The Morgan fingerprint density at radius 2 is 2.29 bits per heavy atom. The fourth-order valence-electron chi connectivity index (χ4n) is 1.08. The molecule has 1 unspecified atom stereocenters. The van der Waals surface area contributed by atoms with Gasteiger partial charge in [0.1, 0.15) is 0 Å². The van der Waals surface area contributed by atoms with E-state index >= 15 is 0 Å². The van der Waals surface area contributed by atoms with Crippen LogP contribution in [0.25, 0.3) is 0 Å². The van der Waals surface area contributed by atoms with Gasteiger partial charge < -0.3 is 15.4 Å². The van der Waals surface area contributed by atoms with Gasteiger partial charge in [0.05, 0.1) is 12.0 Å². The molecular weight excluding hydrogens is 182 g/mol. The molecule has 0 radical (unpaired) electrons. The van der Waals surface area contributed by atoms with Crippen LogP contribution in [-0.4, -0.2) is 28.4 Å². The quantitative estimate of drug-likeness (QED) is 0.709. The fraction of sp³-hybridized carbons (Fsp3) is 0.778. The summed E-state index contributed by atoms with van der Waals surface area (Å²) >= 11 is 0. The Morgan fingerprint density at radius 1 is 1.57 bits per heavy atom. The molecule has 80 valence electrons. The third kappa shape index (κ3) is 2.10. The summed E-state index contributed by atoms with van der Waals surface area (Å²) in [5.74, 6) is 1.10. The largest absolute Gasteiger partial charge is 0.396 e. The van der Waals surface area contributed by atoms with E-state index in [1.54, 1.807) is 0 Å². The van der Waals surface area contributed by atoms with Crippen LogP contribution in [0, 0.1) is 0 Å². The molecule has 1 aromatic rings. The lowest BCUT2D eigenvalue weighted by Crippen LogP contribution is -2.31. The van der Waals surface area contributed by atoms with Crippen LogP contribution in [0.2, 0.25) is 0 Å². The lowest BCUT2D eigenvalue weighted by atomic mass is 9.88. The molecule has 3 N–H and O–H groups in total. The minimum Gasteiger partial charge on any atom is -0.396 e. The Hall–Kier alpha value is -0.940. The van der Waals surface area contributed by atoms with Crippen LogP contribution in [0.3, 0.4) is 0 Å². The predicted molar refractivity (Wildman–Crippen MR) is 51.8 cm³/mol. The van der Waals surface area contributed by atoms with Gasteiger partial charge in [-0.3, -0.25) is 0 Å². The van der Waals surface area contributed by atoms with Gasteiger partial charge in [0, 0.05) is 13.0 Å². The molecule has 0 aliphatic carbocycles. The van der Waals surface area contributed by atoms with Gasteiger partial charge >= 0.3 is 0 Å². The zero-order valence-electron chi connectivity index (χ0n) is 8.66. The second-order valence-corrected chi connectivity index (χ2v) is 3.61.